The molecule has 1 aliphatic rings. The van der Waals surface area contributed by atoms with Crippen molar-refractivity contribution in [3.05, 3.63) is 46.9 Å². The van der Waals surface area contributed by atoms with E-state index in [4.69, 9.17) is 4.74 Å². The number of fused-ring (bicyclic) bond motifs is 1. The Morgan fingerprint density at radius 1 is 1.24 bits per heavy atom. The molecule has 0 aliphatic carbocycles. The first-order valence-electron chi connectivity index (χ1n) is 10.8. The summed E-state index contributed by atoms with van der Waals surface area (Å²) in [6.45, 7) is 5.89. The van der Waals surface area contributed by atoms with Gasteiger partial charge in [0.05, 0.1) is 39.8 Å². The third kappa shape index (κ3) is 4.26. The number of hydrogen-bond acceptors (Lipinski definition) is 7. The van der Waals surface area contributed by atoms with E-state index in [1.165, 1.54) is 12.1 Å². The Labute approximate surface area is 192 Å². The minimum absolute atomic E-state index is 0.223. The molecule has 0 amide bonds. The van der Waals surface area contributed by atoms with Crippen molar-refractivity contribution < 1.29 is 13.2 Å². The van der Waals surface area contributed by atoms with Gasteiger partial charge in [0.15, 0.2) is 15.7 Å². The Morgan fingerprint density at radius 2 is 1.97 bits per heavy atom. The summed E-state index contributed by atoms with van der Waals surface area (Å²) < 4.78 is 31.9. The van der Waals surface area contributed by atoms with Gasteiger partial charge >= 0.3 is 0 Å². The zero-order valence-corrected chi connectivity index (χ0v) is 19.6. The van der Waals surface area contributed by atoms with Gasteiger partial charge in [0.25, 0.3) is 5.56 Å². The second-order valence-electron chi connectivity index (χ2n) is 9.15. The molecule has 2 atom stereocenters. The zero-order valence-electron chi connectivity index (χ0n) is 18.8. The van der Waals surface area contributed by atoms with Crippen LogP contribution in [0.4, 0.5) is 11.5 Å². The van der Waals surface area contributed by atoms with Crippen LogP contribution in [0.15, 0.2) is 46.2 Å². The lowest BCUT2D eigenvalue weighted by Gasteiger charge is -2.20. The van der Waals surface area contributed by atoms with E-state index in [-0.39, 0.29) is 22.4 Å². The minimum Gasteiger partial charge on any atom is -0.379 e. The van der Waals surface area contributed by atoms with Crippen LogP contribution in [0.5, 0.6) is 0 Å². The van der Waals surface area contributed by atoms with Gasteiger partial charge in [-0.3, -0.25) is 9.48 Å². The molecule has 2 aromatic heterocycles. The molecule has 10 heteroatoms. The molecule has 3 aromatic rings. The van der Waals surface area contributed by atoms with Crippen molar-refractivity contribution in [2.45, 2.75) is 49.3 Å². The molecule has 1 fully saturated rings. The van der Waals surface area contributed by atoms with Gasteiger partial charge < -0.3 is 15.0 Å². The molecule has 0 spiro atoms. The van der Waals surface area contributed by atoms with Gasteiger partial charge in [-0.1, -0.05) is 0 Å². The summed E-state index contributed by atoms with van der Waals surface area (Å²) in [6, 6.07) is 10.2. The van der Waals surface area contributed by atoms with Crippen molar-refractivity contribution in [2.75, 3.05) is 18.5 Å². The number of hydrogen-bond donors (Lipinski definition) is 2. The first-order valence-corrected chi connectivity index (χ1v) is 12.3. The summed E-state index contributed by atoms with van der Waals surface area (Å²) in [6.07, 6.45) is 3.04. The minimum atomic E-state index is -3.48. The van der Waals surface area contributed by atoms with Crippen LogP contribution in [0.3, 0.4) is 0 Å². The Bertz CT molecular complexity index is 1360. The maximum absolute atomic E-state index is 12.7. The lowest BCUT2D eigenvalue weighted by Crippen LogP contribution is -2.27. The second kappa shape index (κ2) is 8.65. The van der Waals surface area contributed by atoms with E-state index in [2.05, 4.69) is 21.5 Å². The van der Waals surface area contributed by atoms with Crippen molar-refractivity contribution >= 4 is 32.2 Å². The van der Waals surface area contributed by atoms with Crippen molar-refractivity contribution in [3.8, 4) is 6.07 Å². The highest BCUT2D eigenvalue weighted by atomic mass is 32.2. The molecule has 0 unspecified atom stereocenters. The molecule has 1 aliphatic heterocycles. The number of rotatable bonds is 4. The molecule has 0 radical (unpaired) electrons. The normalized spacial score (nSPS) is 19.7. The summed E-state index contributed by atoms with van der Waals surface area (Å²) in [5, 5.41) is 17.8. The van der Waals surface area contributed by atoms with Gasteiger partial charge in [0, 0.05) is 18.5 Å². The van der Waals surface area contributed by atoms with Crippen LogP contribution < -0.4 is 10.9 Å². The third-order valence-corrected chi connectivity index (χ3v) is 8.41. The van der Waals surface area contributed by atoms with Crippen LogP contribution in [0.2, 0.25) is 0 Å². The summed E-state index contributed by atoms with van der Waals surface area (Å²) in [5.74, 6) is 0.0452. The van der Waals surface area contributed by atoms with Crippen molar-refractivity contribution in [3.63, 3.8) is 0 Å². The third-order valence-electron chi connectivity index (χ3n) is 5.90. The zero-order chi connectivity index (χ0) is 23.8. The monoisotopic (exact) mass is 469 g/mol. The average Bonchev–Trinajstić information content (AvgIpc) is 2.97. The first kappa shape index (κ1) is 23.0. The molecule has 1 saturated heterocycles. The summed E-state index contributed by atoms with van der Waals surface area (Å²) in [7, 11) is -3.48. The lowest BCUT2D eigenvalue weighted by atomic mass is 9.97. The number of nitrogens with zero attached hydrogens (tertiary/aromatic N) is 3. The Hall–Kier alpha value is -3.16. The van der Waals surface area contributed by atoms with Gasteiger partial charge in [-0.2, -0.15) is 10.4 Å². The number of H-pyrrole nitrogens is 1. The van der Waals surface area contributed by atoms with Crippen LogP contribution in [-0.4, -0.2) is 41.1 Å². The van der Waals surface area contributed by atoms with Gasteiger partial charge in [-0.25, -0.2) is 8.42 Å². The molecule has 1 aromatic carbocycles. The quantitative estimate of drug-likeness (QED) is 0.598. The number of anilines is 2. The van der Waals surface area contributed by atoms with E-state index in [1.54, 1.807) is 49.8 Å². The Morgan fingerprint density at radius 3 is 2.64 bits per heavy atom. The van der Waals surface area contributed by atoms with Crippen LogP contribution in [0.1, 0.15) is 39.7 Å². The van der Waals surface area contributed by atoms with Crippen LogP contribution in [-0.2, 0) is 14.6 Å². The second-order valence-corrected chi connectivity index (χ2v) is 11.8. The lowest BCUT2D eigenvalue weighted by molar-refractivity contribution is 0.110. The maximum atomic E-state index is 12.7. The predicted octanol–water partition coefficient (Wildman–Crippen LogP) is 3.53. The van der Waals surface area contributed by atoms with E-state index in [1.807, 2.05) is 0 Å². The van der Waals surface area contributed by atoms with E-state index in [9.17, 15) is 18.5 Å². The summed E-state index contributed by atoms with van der Waals surface area (Å²) in [4.78, 5) is 15.6. The molecular formula is C23H27N5O4S. The van der Waals surface area contributed by atoms with E-state index in [0.29, 0.717) is 42.0 Å². The number of nitriles is 1. The molecule has 2 N–H and O–H groups in total. The molecule has 33 heavy (non-hydrogen) atoms. The van der Waals surface area contributed by atoms with Crippen molar-refractivity contribution in [2.24, 2.45) is 5.92 Å². The van der Waals surface area contributed by atoms with Crippen LogP contribution >= 0.6 is 0 Å². The SMILES string of the molecule is CC(C)(C)S(=O)(=O)c1ccc(Nc2nn([C@H]3COCCC[C@@H]3C#N)c3cc[nH]c(=O)c23)cc1. The molecular weight excluding hydrogens is 442 g/mol. The van der Waals surface area contributed by atoms with E-state index in [0.717, 1.165) is 6.42 Å². The van der Waals surface area contributed by atoms with Gasteiger partial charge in [-0.15, -0.1) is 0 Å². The fourth-order valence-electron chi connectivity index (χ4n) is 3.96. The smallest absolute Gasteiger partial charge is 0.261 e. The van der Waals surface area contributed by atoms with Gasteiger partial charge in [0.2, 0.25) is 0 Å². The predicted molar refractivity (Wildman–Crippen MR) is 125 cm³/mol. The summed E-state index contributed by atoms with van der Waals surface area (Å²) in [5.41, 5.74) is 0.881. The Balaban J connectivity index is 1.74. The Kier molecular flexibility index (Phi) is 6.03. The van der Waals surface area contributed by atoms with Crippen molar-refractivity contribution in [1.29, 1.82) is 5.26 Å². The first-order chi connectivity index (χ1) is 15.6. The van der Waals surface area contributed by atoms with E-state index >= 15 is 0 Å². The number of aromatic amines is 1. The standard InChI is InChI=1S/C23H27N5O4S/c1-23(2,3)33(30,31)17-8-6-16(7-9-17)26-21-20-18(10-11-25-22(20)29)28(27-21)19-14-32-12-4-5-15(19)13-24/h6-11,15,19H,4-5,12,14H2,1-3H3,(H,25,29)(H,26,27)/t15-,19+/m1/s1. The largest absolute Gasteiger partial charge is 0.379 e. The number of nitrogens with one attached hydrogen (secondary N) is 2. The highest BCUT2D eigenvalue weighted by molar-refractivity contribution is 7.92. The number of benzene rings is 1. The number of aromatic nitrogens is 3. The molecule has 0 bridgehead atoms. The molecule has 3 heterocycles. The molecule has 4 rings (SSSR count). The summed E-state index contributed by atoms with van der Waals surface area (Å²) >= 11 is 0. The number of ether oxygens (including phenoxy) is 1. The number of sulfone groups is 1. The fourth-order valence-corrected chi connectivity index (χ4v) is 5.16. The van der Waals surface area contributed by atoms with Crippen LogP contribution in [0.25, 0.3) is 10.9 Å². The van der Waals surface area contributed by atoms with E-state index < -0.39 is 14.6 Å². The molecule has 9 nitrogen and oxygen atoms in total. The highest BCUT2D eigenvalue weighted by Crippen LogP contribution is 2.32. The number of pyridine rings is 1. The van der Waals surface area contributed by atoms with Gasteiger partial charge in [0.1, 0.15) is 5.39 Å². The average molecular weight is 470 g/mol. The van der Waals surface area contributed by atoms with Crippen molar-refractivity contribution in [1.82, 2.24) is 14.8 Å². The fraction of sp³-hybridized carbons (Fsp3) is 0.435. The van der Waals surface area contributed by atoms with Crippen LogP contribution in [0, 0.1) is 17.2 Å². The topological polar surface area (TPSA) is 130 Å². The molecule has 174 valence electrons. The van der Waals surface area contributed by atoms with Gasteiger partial charge in [-0.05, 0) is 63.9 Å². The highest BCUT2D eigenvalue weighted by Gasteiger charge is 2.31. The maximum Gasteiger partial charge on any atom is 0.261 e. The molecule has 0 saturated carbocycles.